The molecule has 1 heterocycles. The summed E-state index contributed by atoms with van der Waals surface area (Å²) in [7, 11) is 3.24. The van der Waals surface area contributed by atoms with Crippen LogP contribution in [0.15, 0.2) is 60.7 Å². The molecule has 4 aromatic rings. The van der Waals surface area contributed by atoms with Crippen molar-refractivity contribution >= 4 is 35.6 Å². The van der Waals surface area contributed by atoms with Crippen molar-refractivity contribution in [3.05, 3.63) is 66.2 Å². The lowest BCUT2D eigenvalue weighted by molar-refractivity contribution is -0.120. The van der Waals surface area contributed by atoms with Crippen molar-refractivity contribution in [1.29, 1.82) is 0 Å². The molecule has 0 bridgehead atoms. The zero-order valence-corrected chi connectivity index (χ0v) is 22.2. The van der Waals surface area contributed by atoms with Crippen LogP contribution in [0.25, 0.3) is 33.0 Å². The number of carbonyl (C=O) groups excluding carboxylic acids is 1. The highest BCUT2D eigenvalue weighted by Crippen LogP contribution is 2.48. The molecule has 4 aromatic carbocycles. The van der Waals surface area contributed by atoms with E-state index in [2.05, 4.69) is 23.6 Å². The molecular formula is C30H29NO6S. The van der Waals surface area contributed by atoms with E-state index < -0.39 is 0 Å². The Kier molecular flexibility index (Phi) is 7.62. The van der Waals surface area contributed by atoms with E-state index >= 15 is 0 Å². The number of fused-ring (bicyclic) bond motifs is 1. The minimum Gasteiger partial charge on any atom is -0.507 e. The van der Waals surface area contributed by atoms with Crippen LogP contribution in [0.1, 0.15) is 5.56 Å². The van der Waals surface area contributed by atoms with E-state index in [0.717, 1.165) is 38.9 Å². The van der Waals surface area contributed by atoms with Gasteiger partial charge in [-0.1, -0.05) is 24.3 Å². The number of hydrogen-bond acceptors (Lipinski definition) is 8. The van der Waals surface area contributed by atoms with Gasteiger partial charge in [0.1, 0.15) is 23.0 Å². The maximum atomic E-state index is 11.4. The monoisotopic (exact) mass is 531 g/mol. The summed E-state index contributed by atoms with van der Waals surface area (Å²) in [6, 6.07) is 19.1. The van der Waals surface area contributed by atoms with Crippen LogP contribution >= 0.6 is 12.6 Å². The van der Waals surface area contributed by atoms with E-state index in [1.807, 2.05) is 48.5 Å². The molecule has 38 heavy (non-hydrogen) atoms. The van der Waals surface area contributed by atoms with Gasteiger partial charge < -0.3 is 29.0 Å². The SMILES string of the molecule is COc1ccc(-c2cc3c(O)cc(OC=O)c(-c4ccc(CS)cc4)c3cc2N2CCOCC2)c(OC)c1. The third kappa shape index (κ3) is 4.85. The van der Waals surface area contributed by atoms with Crippen LogP contribution in [-0.2, 0) is 15.3 Å². The lowest BCUT2D eigenvalue weighted by Gasteiger charge is -2.31. The Bertz CT molecular complexity index is 1460. The Hall–Kier alpha value is -3.88. The number of phenols is 1. The average Bonchev–Trinajstić information content (AvgIpc) is 2.97. The van der Waals surface area contributed by atoms with Gasteiger partial charge >= 0.3 is 0 Å². The second-order valence-electron chi connectivity index (χ2n) is 8.92. The molecule has 5 rings (SSSR count). The summed E-state index contributed by atoms with van der Waals surface area (Å²) >= 11 is 4.37. The molecule has 1 N–H and O–H groups in total. The smallest absolute Gasteiger partial charge is 0.298 e. The number of hydrogen-bond donors (Lipinski definition) is 2. The van der Waals surface area contributed by atoms with Gasteiger partial charge in [-0.15, -0.1) is 0 Å². The predicted molar refractivity (Wildman–Crippen MR) is 152 cm³/mol. The van der Waals surface area contributed by atoms with E-state index in [1.54, 1.807) is 14.2 Å². The van der Waals surface area contributed by atoms with Gasteiger partial charge in [-0.05, 0) is 40.8 Å². The molecule has 0 radical (unpaired) electrons. The second kappa shape index (κ2) is 11.2. The average molecular weight is 532 g/mol. The zero-order chi connectivity index (χ0) is 26.6. The molecule has 1 saturated heterocycles. The lowest BCUT2D eigenvalue weighted by atomic mass is 9.91. The number of nitrogens with zero attached hydrogens (tertiary/aromatic N) is 1. The Labute approximate surface area is 226 Å². The van der Waals surface area contributed by atoms with Crippen molar-refractivity contribution < 1.29 is 28.8 Å². The molecule has 1 fully saturated rings. The number of methoxy groups -OCH3 is 2. The summed E-state index contributed by atoms with van der Waals surface area (Å²) in [5.41, 5.74) is 5.37. The van der Waals surface area contributed by atoms with E-state index in [4.69, 9.17) is 18.9 Å². The fourth-order valence-electron chi connectivity index (χ4n) is 4.94. The molecule has 1 aliphatic heterocycles. The van der Waals surface area contributed by atoms with E-state index in [0.29, 0.717) is 55.4 Å². The van der Waals surface area contributed by atoms with E-state index in [-0.39, 0.29) is 11.5 Å². The van der Waals surface area contributed by atoms with Crippen molar-refractivity contribution in [3.8, 4) is 45.3 Å². The van der Waals surface area contributed by atoms with Crippen molar-refractivity contribution in [2.75, 3.05) is 45.4 Å². The van der Waals surface area contributed by atoms with Gasteiger partial charge in [0.15, 0.2) is 0 Å². The Balaban J connectivity index is 1.83. The van der Waals surface area contributed by atoms with Crippen LogP contribution in [0.5, 0.6) is 23.0 Å². The van der Waals surface area contributed by atoms with Crippen molar-refractivity contribution in [2.45, 2.75) is 5.75 Å². The van der Waals surface area contributed by atoms with Crippen LogP contribution in [-0.4, -0.2) is 52.1 Å². The molecule has 8 heteroatoms. The number of anilines is 1. The number of rotatable bonds is 8. The largest absolute Gasteiger partial charge is 0.507 e. The third-order valence-corrected chi connectivity index (χ3v) is 7.21. The van der Waals surface area contributed by atoms with Crippen LogP contribution < -0.4 is 19.1 Å². The molecule has 0 spiro atoms. The zero-order valence-electron chi connectivity index (χ0n) is 21.3. The molecule has 0 aromatic heterocycles. The Morgan fingerprint density at radius 3 is 2.34 bits per heavy atom. The third-order valence-electron chi connectivity index (χ3n) is 6.85. The molecule has 0 saturated carbocycles. The maximum absolute atomic E-state index is 11.4. The van der Waals surface area contributed by atoms with Gasteiger partial charge in [0.2, 0.25) is 0 Å². The maximum Gasteiger partial charge on any atom is 0.298 e. The van der Waals surface area contributed by atoms with Crippen LogP contribution in [0.4, 0.5) is 5.69 Å². The highest BCUT2D eigenvalue weighted by atomic mass is 32.1. The number of morpholine rings is 1. The van der Waals surface area contributed by atoms with Crippen molar-refractivity contribution in [3.63, 3.8) is 0 Å². The summed E-state index contributed by atoms with van der Waals surface area (Å²) in [4.78, 5) is 13.7. The first-order valence-corrected chi connectivity index (χ1v) is 12.9. The van der Waals surface area contributed by atoms with Crippen LogP contribution in [0.3, 0.4) is 0 Å². The fourth-order valence-corrected chi connectivity index (χ4v) is 5.15. The fraction of sp³-hybridized carbons (Fsp3) is 0.233. The molecular weight excluding hydrogens is 502 g/mol. The molecule has 0 unspecified atom stereocenters. The van der Waals surface area contributed by atoms with E-state index in [1.165, 1.54) is 6.07 Å². The van der Waals surface area contributed by atoms with Crippen molar-refractivity contribution in [2.24, 2.45) is 0 Å². The van der Waals surface area contributed by atoms with Gasteiger partial charge in [0, 0.05) is 58.7 Å². The standard InChI is InChI=1S/C30H29NO6S/c1-34-21-7-8-22(28(13-21)35-2)23-14-24-25(15-26(23)31-9-11-36-12-10-31)30(29(37-18-32)16-27(24)33)20-5-3-19(17-38)4-6-20/h3-8,13-16,18,33,38H,9-12,17H2,1-2H3. The summed E-state index contributed by atoms with van der Waals surface area (Å²) < 4.78 is 22.2. The van der Waals surface area contributed by atoms with Gasteiger partial charge in [-0.2, -0.15) is 12.6 Å². The summed E-state index contributed by atoms with van der Waals surface area (Å²) in [6.45, 7) is 3.01. The first-order valence-electron chi connectivity index (χ1n) is 12.3. The first kappa shape index (κ1) is 25.8. The predicted octanol–water partition coefficient (Wildman–Crippen LogP) is 5.70. The topological polar surface area (TPSA) is 77.5 Å². The highest BCUT2D eigenvalue weighted by molar-refractivity contribution is 7.79. The molecule has 0 amide bonds. The number of aromatic hydroxyl groups is 1. The minimum atomic E-state index is 0.00911. The molecule has 1 aliphatic rings. The summed E-state index contributed by atoms with van der Waals surface area (Å²) in [5, 5.41) is 12.5. The van der Waals surface area contributed by atoms with Gasteiger partial charge in [0.05, 0.1) is 27.4 Å². The number of phenolic OH excluding ortho intramolecular Hbond substituents is 1. The molecule has 0 aliphatic carbocycles. The summed E-state index contributed by atoms with van der Waals surface area (Å²) in [5.74, 6) is 2.25. The Morgan fingerprint density at radius 1 is 0.921 bits per heavy atom. The van der Waals surface area contributed by atoms with Gasteiger partial charge in [0.25, 0.3) is 6.47 Å². The number of benzene rings is 4. The van der Waals surface area contributed by atoms with Crippen molar-refractivity contribution in [1.82, 2.24) is 0 Å². The quantitative estimate of drug-likeness (QED) is 0.223. The number of thiol groups is 1. The number of ether oxygens (including phenoxy) is 4. The lowest BCUT2D eigenvalue weighted by Crippen LogP contribution is -2.36. The van der Waals surface area contributed by atoms with Crippen LogP contribution in [0, 0.1) is 0 Å². The number of carbonyl (C=O) groups is 1. The molecule has 0 atom stereocenters. The second-order valence-corrected chi connectivity index (χ2v) is 9.23. The van der Waals surface area contributed by atoms with Crippen LogP contribution in [0.2, 0.25) is 0 Å². The highest BCUT2D eigenvalue weighted by Gasteiger charge is 2.23. The van der Waals surface area contributed by atoms with Gasteiger partial charge in [-0.25, -0.2) is 0 Å². The normalized spacial score (nSPS) is 13.4. The Morgan fingerprint density at radius 2 is 1.68 bits per heavy atom. The molecule has 7 nitrogen and oxygen atoms in total. The first-order chi connectivity index (χ1) is 18.6. The minimum absolute atomic E-state index is 0.00911. The van der Waals surface area contributed by atoms with Gasteiger partial charge in [-0.3, -0.25) is 4.79 Å². The van der Waals surface area contributed by atoms with E-state index in [9.17, 15) is 9.90 Å². The summed E-state index contributed by atoms with van der Waals surface area (Å²) in [6.07, 6.45) is 0. The molecule has 196 valence electrons.